The summed E-state index contributed by atoms with van der Waals surface area (Å²) in [5.74, 6) is 1.10. The van der Waals surface area contributed by atoms with Crippen LogP contribution in [0.2, 0.25) is 0 Å². The van der Waals surface area contributed by atoms with E-state index in [0.29, 0.717) is 44.6 Å². The zero-order valence-electron chi connectivity index (χ0n) is 24.7. The van der Waals surface area contributed by atoms with Crippen molar-refractivity contribution in [3.8, 4) is 11.5 Å². The molecule has 2 aromatic carbocycles. The third-order valence-electron chi connectivity index (χ3n) is 6.61. The topological polar surface area (TPSA) is 88.4 Å². The molecular formula is C32H38N2O6S. The van der Waals surface area contributed by atoms with Crippen molar-refractivity contribution >= 4 is 23.4 Å². The molecule has 1 aliphatic heterocycles. The van der Waals surface area contributed by atoms with Crippen molar-refractivity contribution in [2.24, 2.45) is 4.99 Å². The lowest BCUT2D eigenvalue weighted by molar-refractivity contribution is -0.140. The Morgan fingerprint density at radius 3 is 2.44 bits per heavy atom. The van der Waals surface area contributed by atoms with E-state index in [1.54, 1.807) is 18.6 Å². The maximum absolute atomic E-state index is 14.0. The molecule has 2 heterocycles. The molecule has 4 rings (SSSR count). The number of rotatable bonds is 11. The van der Waals surface area contributed by atoms with Crippen LogP contribution < -0.4 is 24.4 Å². The Morgan fingerprint density at radius 2 is 1.80 bits per heavy atom. The van der Waals surface area contributed by atoms with E-state index in [1.165, 1.54) is 16.9 Å². The quantitative estimate of drug-likeness (QED) is 0.241. The number of nitrogens with zero attached hydrogens (tertiary/aromatic N) is 2. The Balaban J connectivity index is 1.84. The Morgan fingerprint density at radius 1 is 1.07 bits per heavy atom. The summed E-state index contributed by atoms with van der Waals surface area (Å²) >= 11 is 1.29. The van der Waals surface area contributed by atoms with E-state index >= 15 is 0 Å². The second kappa shape index (κ2) is 13.3. The molecule has 0 radical (unpaired) electrons. The number of methoxy groups -OCH3 is 1. The van der Waals surface area contributed by atoms with Gasteiger partial charge < -0.3 is 18.9 Å². The van der Waals surface area contributed by atoms with Gasteiger partial charge in [-0.15, -0.1) is 0 Å². The first-order valence-corrected chi connectivity index (χ1v) is 14.7. The van der Waals surface area contributed by atoms with Crippen molar-refractivity contribution in [1.29, 1.82) is 0 Å². The van der Waals surface area contributed by atoms with E-state index < -0.39 is 12.0 Å². The summed E-state index contributed by atoms with van der Waals surface area (Å²) < 4.78 is 24.3. The first-order valence-electron chi connectivity index (χ1n) is 13.9. The van der Waals surface area contributed by atoms with Crippen molar-refractivity contribution < 1.29 is 23.7 Å². The summed E-state index contributed by atoms with van der Waals surface area (Å²) in [6.45, 7) is 12.7. The highest BCUT2D eigenvalue weighted by atomic mass is 32.1. The molecule has 218 valence electrons. The molecule has 0 spiro atoms. The second-order valence-corrected chi connectivity index (χ2v) is 11.3. The van der Waals surface area contributed by atoms with Crippen molar-refractivity contribution in [2.75, 3.05) is 26.9 Å². The summed E-state index contributed by atoms with van der Waals surface area (Å²) in [6, 6.07) is 13.0. The minimum atomic E-state index is -0.675. The molecule has 1 aromatic heterocycles. The van der Waals surface area contributed by atoms with E-state index in [2.05, 4.69) is 18.8 Å². The molecule has 0 saturated heterocycles. The molecular weight excluding hydrogens is 540 g/mol. The summed E-state index contributed by atoms with van der Waals surface area (Å²) in [5.41, 5.74) is 3.40. The Kier molecular flexibility index (Phi) is 9.83. The van der Waals surface area contributed by atoms with E-state index in [1.807, 2.05) is 69.3 Å². The van der Waals surface area contributed by atoms with Gasteiger partial charge in [0.1, 0.15) is 6.61 Å². The second-order valence-electron chi connectivity index (χ2n) is 10.3. The summed E-state index contributed by atoms with van der Waals surface area (Å²) in [6.07, 6.45) is 1.82. The first-order chi connectivity index (χ1) is 19.6. The molecule has 3 aromatic rings. The van der Waals surface area contributed by atoms with Crippen molar-refractivity contribution in [3.63, 3.8) is 0 Å². The van der Waals surface area contributed by atoms with E-state index in [9.17, 15) is 9.59 Å². The van der Waals surface area contributed by atoms with Gasteiger partial charge in [-0.05, 0) is 68.5 Å². The molecule has 0 amide bonds. The highest BCUT2D eigenvalue weighted by molar-refractivity contribution is 7.07. The van der Waals surface area contributed by atoms with Crippen LogP contribution in [0.5, 0.6) is 11.5 Å². The molecule has 0 fully saturated rings. The number of benzene rings is 2. The molecule has 0 aliphatic carbocycles. The molecule has 0 bridgehead atoms. The number of hydrogen-bond acceptors (Lipinski definition) is 8. The standard InChI is InChI=1S/C32H38N2O6S/c1-8-38-26-17-22(9-14-25(26)40-20(4)5)18-27-30(35)34-29(24-12-10-23(11-13-24)19(2)3)28(21(6)33-32(34)41-27)31(36)39-16-15-37-7/h9-14,17-20,29H,8,15-16H2,1-7H3. The van der Waals surface area contributed by atoms with E-state index in [-0.39, 0.29) is 24.9 Å². The van der Waals surface area contributed by atoms with Gasteiger partial charge in [0.05, 0.1) is 41.2 Å². The van der Waals surface area contributed by atoms with Crippen LogP contribution in [0.4, 0.5) is 0 Å². The lowest BCUT2D eigenvalue weighted by Gasteiger charge is -2.25. The maximum Gasteiger partial charge on any atom is 0.338 e. The number of hydrogen-bond donors (Lipinski definition) is 0. The van der Waals surface area contributed by atoms with Crippen LogP contribution in [0.25, 0.3) is 6.08 Å². The highest BCUT2D eigenvalue weighted by Crippen LogP contribution is 2.32. The smallest absolute Gasteiger partial charge is 0.338 e. The number of carbonyl (C=O) groups excluding carboxylic acids is 1. The van der Waals surface area contributed by atoms with Crippen molar-refractivity contribution in [3.05, 3.63) is 90.1 Å². The fourth-order valence-corrected chi connectivity index (χ4v) is 5.69. The lowest BCUT2D eigenvalue weighted by atomic mass is 9.93. The van der Waals surface area contributed by atoms with Crippen LogP contribution in [0.1, 0.15) is 70.2 Å². The fraction of sp³-hybridized carbons (Fsp3) is 0.406. The van der Waals surface area contributed by atoms with Gasteiger partial charge in [0.2, 0.25) is 0 Å². The molecule has 0 saturated carbocycles. The average Bonchev–Trinajstić information content (AvgIpc) is 3.23. The van der Waals surface area contributed by atoms with Crippen molar-refractivity contribution in [1.82, 2.24) is 4.57 Å². The predicted octanol–water partition coefficient (Wildman–Crippen LogP) is 4.73. The summed E-state index contributed by atoms with van der Waals surface area (Å²) in [7, 11) is 1.55. The number of esters is 1. The van der Waals surface area contributed by atoms with Gasteiger partial charge >= 0.3 is 5.97 Å². The van der Waals surface area contributed by atoms with Crippen LogP contribution in [0, 0.1) is 0 Å². The van der Waals surface area contributed by atoms with Gasteiger partial charge in [-0.25, -0.2) is 9.79 Å². The predicted molar refractivity (Wildman–Crippen MR) is 161 cm³/mol. The van der Waals surface area contributed by atoms with E-state index in [4.69, 9.17) is 18.9 Å². The van der Waals surface area contributed by atoms with Gasteiger partial charge in [-0.3, -0.25) is 9.36 Å². The number of allylic oxidation sites excluding steroid dienone is 1. The SMILES string of the molecule is CCOc1cc(C=c2sc3n(c2=O)C(c2ccc(C(C)C)cc2)C(C(=O)OCCOC)=C(C)N=3)ccc1OC(C)C. The lowest BCUT2D eigenvalue weighted by Crippen LogP contribution is -2.40. The number of ether oxygens (including phenoxy) is 4. The molecule has 1 atom stereocenters. The number of aromatic nitrogens is 1. The van der Waals surface area contributed by atoms with Crippen LogP contribution in [0.15, 0.2) is 63.5 Å². The molecule has 1 aliphatic rings. The monoisotopic (exact) mass is 578 g/mol. The van der Waals surface area contributed by atoms with E-state index in [0.717, 1.165) is 11.1 Å². The average molecular weight is 579 g/mol. The molecule has 8 nitrogen and oxygen atoms in total. The Hall–Kier alpha value is -3.69. The minimum absolute atomic E-state index is 0.00280. The Bertz CT molecular complexity index is 1600. The number of thiazole rings is 1. The normalized spacial score (nSPS) is 15.2. The molecule has 1 unspecified atom stereocenters. The van der Waals surface area contributed by atoms with Gasteiger partial charge in [0.25, 0.3) is 5.56 Å². The largest absolute Gasteiger partial charge is 0.490 e. The van der Waals surface area contributed by atoms with Gasteiger partial charge in [0, 0.05) is 7.11 Å². The van der Waals surface area contributed by atoms with Crippen molar-refractivity contribution in [2.45, 2.75) is 59.6 Å². The number of carbonyl (C=O) groups is 1. The van der Waals surface area contributed by atoms with Crippen LogP contribution in [-0.2, 0) is 14.3 Å². The molecule has 41 heavy (non-hydrogen) atoms. The zero-order valence-corrected chi connectivity index (χ0v) is 25.5. The van der Waals surface area contributed by atoms with Gasteiger partial charge in [-0.2, -0.15) is 0 Å². The zero-order chi connectivity index (χ0) is 29.7. The van der Waals surface area contributed by atoms with Crippen LogP contribution in [0.3, 0.4) is 0 Å². The van der Waals surface area contributed by atoms with Gasteiger partial charge in [-0.1, -0.05) is 55.5 Å². The first kappa shape index (κ1) is 30.3. The van der Waals surface area contributed by atoms with Crippen LogP contribution >= 0.6 is 11.3 Å². The third-order valence-corrected chi connectivity index (χ3v) is 7.59. The number of fused-ring (bicyclic) bond motifs is 1. The molecule has 9 heteroatoms. The van der Waals surface area contributed by atoms with Gasteiger partial charge in [0.15, 0.2) is 16.3 Å². The van der Waals surface area contributed by atoms with Crippen LogP contribution in [-0.4, -0.2) is 43.6 Å². The maximum atomic E-state index is 14.0. The summed E-state index contributed by atoms with van der Waals surface area (Å²) in [4.78, 5) is 32.5. The Labute approximate surface area is 244 Å². The fourth-order valence-electron chi connectivity index (χ4n) is 4.64. The third kappa shape index (κ3) is 6.80. The highest BCUT2D eigenvalue weighted by Gasteiger charge is 2.33. The minimum Gasteiger partial charge on any atom is -0.490 e. The summed E-state index contributed by atoms with van der Waals surface area (Å²) in [5, 5.41) is 0. The molecule has 0 N–H and O–H groups in total.